The Balaban J connectivity index is 0.000000980. The molecule has 0 aliphatic carbocycles. The van der Waals surface area contributed by atoms with Crippen molar-refractivity contribution in [2.75, 3.05) is 6.54 Å². The van der Waals surface area contributed by atoms with E-state index in [0.717, 1.165) is 19.4 Å². The van der Waals surface area contributed by atoms with Gasteiger partial charge in [0.1, 0.15) is 5.82 Å². The number of nitrogens with one attached hydrogen (secondary N) is 1. The van der Waals surface area contributed by atoms with E-state index in [0.29, 0.717) is 5.56 Å². The molecule has 1 aliphatic rings. The highest BCUT2D eigenvalue weighted by Gasteiger charge is 2.20. The Labute approximate surface area is 94.1 Å². The fraction of sp³-hybridized carbons (Fsp3) is 0.400. The van der Waals surface area contributed by atoms with Gasteiger partial charge in [0.05, 0.1) is 5.02 Å². The van der Waals surface area contributed by atoms with Crippen LogP contribution in [0, 0.1) is 5.82 Å². The predicted octanol–water partition coefficient (Wildman–Crippen LogP) is 3.33. The molecule has 0 aromatic heterocycles. The highest BCUT2D eigenvalue weighted by Crippen LogP contribution is 2.28. The average molecular weight is 236 g/mol. The fourth-order valence-corrected chi connectivity index (χ4v) is 1.92. The van der Waals surface area contributed by atoms with Crippen molar-refractivity contribution in [1.82, 2.24) is 5.32 Å². The second-order valence-corrected chi connectivity index (χ2v) is 3.70. The summed E-state index contributed by atoms with van der Waals surface area (Å²) in [7, 11) is 0. The van der Waals surface area contributed by atoms with Crippen LogP contribution in [0.25, 0.3) is 0 Å². The van der Waals surface area contributed by atoms with Crippen LogP contribution in [0.1, 0.15) is 24.4 Å². The van der Waals surface area contributed by atoms with Crippen molar-refractivity contribution in [3.05, 3.63) is 34.6 Å². The normalized spacial score (nSPS) is 20.6. The fourth-order valence-electron chi connectivity index (χ4n) is 1.74. The Kier molecular flexibility index (Phi) is 4.17. The number of benzene rings is 1. The molecule has 0 amide bonds. The van der Waals surface area contributed by atoms with E-state index in [-0.39, 0.29) is 29.3 Å². The van der Waals surface area contributed by atoms with Crippen molar-refractivity contribution in [3.8, 4) is 0 Å². The quantitative estimate of drug-likeness (QED) is 0.788. The summed E-state index contributed by atoms with van der Waals surface area (Å²) in [6.07, 6.45) is 2.11. The Morgan fingerprint density at radius 2 is 2.21 bits per heavy atom. The molecule has 1 heterocycles. The van der Waals surface area contributed by atoms with Gasteiger partial charge >= 0.3 is 0 Å². The Bertz CT molecular complexity index is 311. The molecule has 14 heavy (non-hydrogen) atoms. The molecule has 1 aromatic rings. The Morgan fingerprint density at radius 1 is 1.43 bits per heavy atom. The summed E-state index contributed by atoms with van der Waals surface area (Å²) in [6, 6.07) is 5.32. The minimum atomic E-state index is -0.274. The lowest BCUT2D eigenvalue weighted by Crippen LogP contribution is -2.14. The second kappa shape index (κ2) is 4.96. The van der Waals surface area contributed by atoms with Crippen LogP contribution in [0.15, 0.2) is 18.2 Å². The van der Waals surface area contributed by atoms with Crippen molar-refractivity contribution < 1.29 is 4.39 Å². The zero-order valence-electron chi connectivity index (χ0n) is 7.59. The number of hydrogen-bond acceptors (Lipinski definition) is 1. The minimum Gasteiger partial charge on any atom is -0.310 e. The smallest absolute Gasteiger partial charge is 0.146 e. The maximum Gasteiger partial charge on any atom is 0.146 e. The number of rotatable bonds is 1. The molecule has 0 saturated carbocycles. The molecule has 0 bridgehead atoms. The molecule has 1 N–H and O–H groups in total. The third-order valence-corrected chi connectivity index (χ3v) is 2.71. The van der Waals surface area contributed by atoms with Crippen LogP contribution in [0.3, 0.4) is 0 Å². The van der Waals surface area contributed by atoms with Crippen molar-refractivity contribution in [1.29, 1.82) is 0 Å². The van der Waals surface area contributed by atoms with E-state index < -0.39 is 0 Å². The summed E-state index contributed by atoms with van der Waals surface area (Å²) in [5, 5.41) is 3.46. The van der Waals surface area contributed by atoms with Crippen molar-refractivity contribution in [2.45, 2.75) is 18.9 Å². The van der Waals surface area contributed by atoms with Crippen molar-refractivity contribution >= 4 is 24.0 Å². The maximum absolute atomic E-state index is 13.5. The first-order chi connectivity index (χ1) is 6.29. The molecule has 1 aromatic carbocycles. The molecule has 0 unspecified atom stereocenters. The second-order valence-electron chi connectivity index (χ2n) is 3.29. The van der Waals surface area contributed by atoms with E-state index in [9.17, 15) is 4.39 Å². The molecule has 1 saturated heterocycles. The van der Waals surface area contributed by atoms with E-state index in [2.05, 4.69) is 5.32 Å². The van der Waals surface area contributed by atoms with Gasteiger partial charge in [0.15, 0.2) is 0 Å². The van der Waals surface area contributed by atoms with Crippen LogP contribution >= 0.6 is 24.0 Å². The van der Waals surface area contributed by atoms with Crippen LogP contribution in [-0.4, -0.2) is 6.54 Å². The van der Waals surface area contributed by atoms with E-state index in [1.807, 2.05) is 0 Å². The monoisotopic (exact) mass is 235 g/mol. The molecule has 1 nitrogen and oxygen atoms in total. The van der Waals surface area contributed by atoms with Gasteiger partial charge in [-0.25, -0.2) is 4.39 Å². The van der Waals surface area contributed by atoms with Gasteiger partial charge in [-0.2, -0.15) is 0 Å². The summed E-state index contributed by atoms with van der Waals surface area (Å²) >= 11 is 5.69. The summed E-state index contributed by atoms with van der Waals surface area (Å²) < 4.78 is 13.5. The molecular weight excluding hydrogens is 224 g/mol. The van der Waals surface area contributed by atoms with E-state index in [4.69, 9.17) is 11.6 Å². The van der Waals surface area contributed by atoms with Gasteiger partial charge in [0.2, 0.25) is 0 Å². The lowest BCUT2D eigenvalue weighted by atomic mass is 10.1. The van der Waals surface area contributed by atoms with Gasteiger partial charge in [-0.05, 0) is 25.5 Å². The van der Waals surface area contributed by atoms with Gasteiger partial charge in [-0.1, -0.05) is 23.7 Å². The summed E-state index contributed by atoms with van der Waals surface area (Å²) in [5.41, 5.74) is 0.699. The first kappa shape index (κ1) is 11.8. The zero-order valence-corrected chi connectivity index (χ0v) is 9.17. The molecular formula is C10H12Cl2FN. The SMILES string of the molecule is Cl.Fc1c(Cl)cccc1[C@H]1CCCN1. The van der Waals surface area contributed by atoms with E-state index in [1.165, 1.54) is 0 Å². The van der Waals surface area contributed by atoms with E-state index >= 15 is 0 Å². The standard InChI is InChI=1S/C10H11ClFN.ClH/c11-8-4-1-3-7(10(8)12)9-5-2-6-13-9;/h1,3-4,9,13H,2,5-6H2;1H/t9-;/m1./s1. The molecule has 0 radical (unpaired) electrons. The molecule has 1 atom stereocenters. The van der Waals surface area contributed by atoms with Crippen LogP contribution < -0.4 is 5.32 Å². The number of hydrogen-bond donors (Lipinski definition) is 1. The summed E-state index contributed by atoms with van der Waals surface area (Å²) in [6.45, 7) is 0.969. The van der Waals surface area contributed by atoms with Gasteiger partial charge in [-0.3, -0.25) is 0 Å². The van der Waals surface area contributed by atoms with Crippen molar-refractivity contribution in [2.24, 2.45) is 0 Å². The molecule has 78 valence electrons. The highest BCUT2D eigenvalue weighted by molar-refractivity contribution is 6.30. The largest absolute Gasteiger partial charge is 0.310 e. The van der Waals surface area contributed by atoms with Crippen LogP contribution in [0.5, 0.6) is 0 Å². The molecule has 1 fully saturated rings. The number of halogens is 3. The Morgan fingerprint density at radius 3 is 2.86 bits per heavy atom. The van der Waals surface area contributed by atoms with Crippen molar-refractivity contribution in [3.63, 3.8) is 0 Å². The van der Waals surface area contributed by atoms with Gasteiger partial charge in [-0.15, -0.1) is 12.4 Å². The summed E-state index contributed by atoms with van der Waals surface area (Å²) in [4.78, 5) is 0. The summed E-state index contributed by atoms with van der Waals surface area (Å²) in [5.74, 6) is -0.274. The lowest BCUT2D eigenvalue weighted by molar-refractivity contribution is 0.559. The predicted molar refractivity (Wildman–Crippen MR) is 58.6 cm³/mol. The van der Waals surface area contributed by atoms with Gasteiger partial charge < -0.3 is 5.32 Å². The molecule has 0 spiro atoms. The average Bonchev–Trinajstić information content (AvgIpc) is 2.62. The zero-order chi connectivity index (χ0) is 9.26. The topological polar surface area (TPSA) is 12.0 Å². The third-order valence-electron chi connectivity index (χ3n) is 2.42. The molecule has 2 rings (SSSR count). The Hall–Kier alpha value is -0.310. The first-order valence-corrected chi connectivity index (χ1v) is 4.84. The van der Waals surface area contributed by atoms with Crippen LogP contribution in [-0.2, 0) is 0 Å². The third kappa shape index (κ3) is 2.19. The van der Waals surface area contributed by atoms with Crippen LogP contribution in [0.4, 0.5) is 4.39 Å². The van der Waals surface area contributed by atoms with Crippen LogP contribution in [0.2, 0.25) is 5.02 Å². The maximum atomic E-state index is 13.5. The lowest BCUT2D eigenvalue weighted by Gasteiger charge is -2.11. The highest BCUT2D eigenvalue weighted by atomic mass is 35.5. The van der Waals surface area contributed by atoms with Gasteiger partial charge in [0, 0.05) is 11.6 Å². The van der Waals surface area contributed by atoms with Gasteiger partial charge in [0.25, 0.3) is 0 Å². The first-order valence-electron chi connectivity index (χ1n) is 4.46. The minimum absolute atomic E-state index is 0. The molecule has 1 aliphatic heterocycles. The molecule has 4 heteroatoms. The van der Waals surface area contributed by atoms with E-state index in [1.54, 1.807) is 18.2 Å².